The monoisotopic (exact) mass is 143 g/mol. The van der Waals surface area contributed by atoms with Gasteiger partial charge in [-0.15, -0.1) is 0 Å². The van der Waals surface area contributed by atoms with Crippen molar-refractivity contribution in [2.24, 2.45) is 0 Å². The summed E-state index contributed by atoms with van der Waals surface area (Å²) in [6.45, 7) is 2.04. The molecule has 1 aliphatic heterocycles. The lowest BCUT2D eigenvalue weighted by atomic mass is 10.3. The minimum absolute atomic E-state index is 0.381. The molecule has 0 amide bonds. The SMILES string of the molecule is COCOC[C@H]1C=CCN1. The number of ether oxygens (including phenoxy) is 2. The fourth-order valence-corrected chi connectivity index (χ4v) is 0.893. The molecule has 0 unspecified atom stereocenters. The quantitative estimate of drug-likeness (QED) is 0.345. The van der Waals surface area contributed by atoms with Crippen molar-refractivity contribution in [2.45, 2.75) is 6.04 Å². The zero-order valence-corrected chi connectivity index (χ0v) is 6.17. The van der Waals surface area contributed by atoms with Gasteiger partial charge in [-0.3, -0.25) is 0 Å². The van der Waals surface area contributed by atoms with E-state index in [9.17, 15) is 0 Å². The van der Waals surface area contributed by atoms with Gasteiger partial charge in [0.2, 0.25) is 0 Å². The van der Waals surface area contributed by atoms with Crippen molar-refractivity contribution >= 4 is 0 Å². The number of hydrogen-bond donors (Lipinski definition) is 1. The van der Waals surface area contributed by atoms with Crippen LogP contribution in [0.25, 0.3) is 0 Å². The number of rotatable bonds is 4. The zero-order chi connectivity index (χ0) is 7.23. The van der Waals surface area contributed by atoms with Crippen LogP contribution in [-0.2, 0) is 9.47 Å². The van der Waals surface area contributed by atoms with Crippen LogP contribution >= 0.6 is 0 Å². The highest BCUT2D eigenvalue weighted by molar-refractivity contribution is 5.01. The highest BCUT2D eigenvalue weighted by Gasteiger charge is 2.06. The molecule has 1 N–H and O–H groups in total. The van der Waals surface area contributed by atoms with Crippen LogP contribution in [0.4, 0.5) is 0 Å². The Hall–Kier alpha value is -0.380. The minimum atomic E-state index is 0.381. The Morgan fingerprint density at radius 2 is 2.60 bits per heavy atom. The van der Waals surface area contributed by atoms with Crippen molar-refractivity contribution < 1.29 is 9.47 Å². The molecule has 0 radical (unpaired) electrons. The molecule has 0 fully saturated rings. The molecular formula is C7H13NO2. The van der Waals surface area contributed by atoms with Gasteiger partial charge < -0.3 is 14.8 Å². The van der Waals surface area contributed by atoms with Crippen LogP contribution in [0.5, 0.6) is 0 Å². The first kappa shape index (κ1) is 7.72. The van der Waals surface area contributed by atoms with E-state index in [0.29, 0.717) is 19.4 Å². The molecule has 1 aliphatic rings. The molecular weight excluding hydrogens is 130 g/mol. The molecule has 1 heterocycles. The predicted molar refractivity (Wildman–Crippen MR) is 38.8 cm³/mol. The van der Waals surface area contributed by atoms with E-state index in [4.69, 9.17) is 9.47 Å². The molecule has 0 saturated heterocycles. The molecule has 0 aliphatic carbocycles. The van der Waals surface area contributed by atoms with Crippen molar-refractivity contribution in [2.75, 3.05) is 27.1 Å². The topological polar surface area (TPSA) is 30.5 Å². The van der Waals surface area contributed by atoms with Gasteiger partial charge >= 0.3 is 0 Å². The van der Waals surface area contributed by atoms with E-state index in [1.54, 1.807) is 7.11 Å². The Labute approximate surface area is 61.0 Å². The van der Waals surface area contributed by atoms with Crippen LogP contribution < -0.4 is 5.32 Å². The van der Waals surface area contributed by atoms with E-state index in [-0.39, 0.29) is 0 Å². The van der Waals surface area contributed by atoms with Gasteiger partial charge in [-0.2, -0.15) is 0 Å². The van der Waals surface area contributed by atoms with Crippen LogP contribution in [0.15, 0.2) is 12.2 Å². The third kappa shape index (κ3) is 2.47. The summed E-state index contributed by atoms with van der Waals surface area (Å²) in [4.78, 5) is 0. The lowest BCUT2D eigenvalue weighted by Gasteiger charge is -2.08. The molecule has 58 valence electrons. The van der Waals surface area contributed by atoms with E-state index in [1.807, 2.05) is 0 Å². The number of hydrogen-bond acceptors (Lipinski definition) is 3. The Morgan fingerprint density at radius 3 is 3.20 bits per heavy atom. The van der Waals surface area contributed by atoms with Gasteiger partial charge in [-0.05, 0) is 0 Å². The van der Waals surface area contributed by atoms with E-state index in [0.717, 1.165) is 6.54 Å². The molecule has 0 aromatic carbocycles. The Kier molecular flexibility index (Phi) is 3.43. The fraction of sp³-hybridized carbons (Fsp3) is 0.714. The third-order valence-electron chi connectivity index (χ3n) is 1.36. The Morgan fingerprint density at radius 1 is 1.70 bits per heavy atom. The first-order valence-electron chi connectivity index (χ1n) is 3.40. The maximum atomic E-state index is 5.13. The molecule has 1 atom stereocenters. The minimum Gasteiger partial charge on any atom is -0.359 e. The van der Waals surface area contributed by atoms with E-state index >= 15 is 0 Å². The maximum Gasteiger partial charge on any atom is 0.146 e. The molecule has 10 heavy (non-hydrogen) atoms. The standard InChI is InChI=1S/C7H13NO2/c1-9-6-10-5-7-3-2-4-8-7/h2-3,7-8H,4-6H2,1H3/t7-/m1/s1. The summed E-state index contributed by atoms with van der Waals surface area (Å²) >= 11 is 0. The van der Waals surface area contributed by atoms with Gasteiger partial charge in [0, 0.05) is 19.7 Å². The zero-order valence-electron chi connectivity index (χ0n) is 6.17. The molecule has 0 spiro atoms. The van der Waals surface area contributed by atoms with Crippen LogP contribution in [0, 0.1) is 0 Å². The van der Waals surface area contributed by atoms with Crippen molar-refractivity contribution in [3.63, 3.8) is 0 Å². The normalized spacial score (nSPS) is 23.9. The van der Waals surface area contributed by atoms with Crippen LogP contribution in [-0.4, -0.2) is 33.1 Å². The lowest BCUT2D eigenvalue weighted by molar-refractivity contribution is -0.0335. The highest BCUT2D eigenvalue weighted by atomic mass is 16.7. The predicted octanol–water partition coefficient (Wildman–Crippen LogP) is 0.135. The van der Waals surface area contributed by atoms with E-state index in [1.165, 1.54) is 0 Å². The molecule has 3 heteroatoms. The average molecular weight is 143 g/mol. The molecule has 0 bridgehead atoms. The van der Waals surface area contributed by atoms with Crippen molar-refractivity contribution in [1.82, 2.24) is 5.32 Å². The van der Waals surface area contributed by atoms with Gasteiger partial charge in [0.25, 0.3) is 0 Å². The van der Waals surface area contributed by atoms with Crippen molar-refractivity contribution in [1.29, 1.82) is 0 Å². The number of methoxy groups -OCH3 is 1. The van der Waals surface area contributed by atoms with Gasteiger partial charge in [0.05, 0.1) is 6.61 Å². The Balaban J connectivity index is 1.97. The summed E-state index contributed by atoms with van der Waals surface area (Å²) in [6.07, 6.45) is 4.20. The second-order valence-electron chi connectivity index (χ2n) is 2.22. The van der Waals surface area contributed by atoms with Crippen molar-refractivity contribution in [3.8, 4) is 0 Å². The Bertz CT molecular complexity index is 114. The van der Waals surface area contributed by atoms with Crippen LogP contribution in [0.3, 0.4) is 0 Å². The molecule has 3 nitrogen and oxygen atoms in total. The fourth-order valence-electron chi connectivity index (χ4n) is 0.893. The summed E-state index contributed by atoms with van der Waals surface area (Å²) in [7, 11) is 1.62. The van der Waals surface area contributed by atoms with Crippen molar-refractivity contribution in [3.05, 3.63) is 12.2 Å². The smallest absolute Gasteiger partial charge is 0.146 e. The summed E-state index contributed by atoms with van der Waals surface area (Å²) < 4.78 is 9.86. The number of nitrogens with one attached hydrogen (secondary N) is 1. The summed E-state index contributed by atoms with van der Waals surface area (Å²) in [5.74, 6) is 0. The van der Waals surface area contributed by atoms with Gasteiger partial charge in [0.1, 0.15) is 6.79 Å². The maximum absolute atomic E-state index is 5.13. The van der Waals surface area contributed by atoms with Gasteiger partial charge in [-0.1, -0.05) is 12.2 Å². The lowest BCUT2D eigenvalue weighted by Crippen LogP contribution is -2.27. The average Bonchev–Trinajstić information content (AvgIpc) is 2.41. The first-order chi connectivity index (χ1) is 4.93. The van der Waals surface area contributed by atoms with Gasteiger partial charge in [-0.25, -0.2) is 0 Å². The van der Waals surface area contributed by atoms with E-state index in [2.05, 4.69) is 17.5 Å². The summed E-state index contributed by atoms with van der Waals surface area (Å²) in [5, 5.41) is 3.22. The second-order valence-corrected chi connectivity index (χ2v) is 2.22. The molecule has 0 aromatic heterocycles. The third-order valence-corrected chi connectivity index (χ3v) is 1.36. The first-order valence-corrected chi connectivity index (χ1v) is 3.40. The molecule has 0 aromatic rings. The molecule has 0 saturated carbocycles. The van der Waals surface area contributed by atoms with Crippen LogP contribution in [0.1, 0.15) is 0 Å². The summed E-state index contributed by atoms with van der Waals surface area (Å²) in [6, 6.07) is 0.384. The largest absolute Gasteiger partial charge is 0.359 e. The second kappa shape index (κ2) is 4.44. The van der Waals surface area contributed by atoms with Crippen LogP contribution in [0.2, 0.25) is 0 Å². The van der Waals surface area contributed by atoms with E-state index < -0.39 is 0 Å². The van der Waals surface area contributed by atoms with Gasteiger partial charge in [0.15, 0.2) is 0 Å². The molecule has 1 rings (SSSR count). The summed E-state index contributed by atoms with van der Waals surface area (Å²) in [5.41, 5.74) is 0. The highest BCUT2D eigenvalue weighted by Crippen LogP contribution is 1.94.